The first-order valence-corrected chi connectivity index (χ1v) is 6.53. The van der Waals surface area contributed by atoms with Crippen molar-refractivity contribution in [2.45, 2.75) is 39.3 Å². The Morgan fingerprint density at radius 3 is 2.88 bits per heavy atom. The summed E-state index contributed by atoms with van der Waals surface area (Å²) in [4.78, 5) is 4.26. The molecule has 0 saturated heterocycles. The van der Waals surface area contributed by atoms with E-state index in [4.69, 9.17) is 16.3 Å². The number of rotatable bonds is 6. The van der Waals surface area contributed by atoms with E-state index in [0.717, 1.165) is 24.6 Å². The monoisotopic (exact) mass is 254 g/mol. The van der Waals surface area contributed by atoms with E-state index in [0.29, 0.717) is 16.9 Å². The van der Waals surface area contributed by atoms with Gasteiger partial charge in [0.25, 0.3) is 0 Å². The molecule has 0 unspecified atom stereocenters. The van der Waals surface area contributed by atoms with Gasteiger partial charge in [-0.05, 0) is 30.4 Å². The highest BCUT2D eigenvalue weighted by molar-refractivity contribution is 6.31. The van der Waals surface area contributed by atoms with Gasteiger partial charge in [0.05, 0.1) is 6.61 Å². The predicted octanol–water partition coefficient (Wildman–Crippen LogP) is 3.02. The van der Waals surface area contributed by atoms with E-state index in [9.17, 15) is 0 Å². The molecule has 1 aromatic heterocycles. The van der Waals surface area contributed by atoms with Crippen molar-refractivity contribution in [2.75, 3.05) is 6.61 Å². The van der Waals surface area contributed by atoms with Crippen LogP contribution in [-0.2, 0) is 6.54 Å². The molecule has 1 saturated carbocycles. The van der Waals surface area contributed by atoms with Crippen LogP contribution in [0, 0.1) is 5.92 Å². The molecule has 1 fully saturated rings. The van der Waals surface area contributed by atoms with Crippen LogP contribution < -0.4 is 10.1 Å². The maximum Gasteiger partial charge on any atom is 0.232 e. The lowest BCUT2D eigenvalue weighted by Crippen LogP contribution is -2.21. The third-order valence-corrected chi connectivity index (χ3v) is 3.00. The summed E-state index contributed by atoms with van der Waals surface area (Å²) in [6.45, 7) is 5.76. The molecular weight excluding hydrogens is 236 g/mol. The van der Waals surface area contributed by atoms with Gasteiger partial charge in [-0.1, -0.05) is 25.4 Å². The highest BCUT2D eigenvalue weighted by Crippen LogP contribution is 2.30. The minimum atomic E-state index is 0.458. The summed E-state index contributed by atoms with van der Waals surface area (Å²) in [6.07, 6.45) is 4.37. The van der Waals surface area contributed by atoms with Gasteiger partial charge in [-0.25, -0.2) is 4.98 Å². The first-order chi connectivity index (χ1) is 8.15. The molecule has 1 heterocycles. The molecule has 94 valence electrons. The zero-order chi connectivity index (χ0) is 12.3. The van der Waals surface area contributed by atoms with Crippen LogP contribution in [0.2, 0.25) is 5.02 Å². The SMILES string of the molecule is CC(C)NCc1cnc(OCC2CC2)c(Cl)c1. The molecule has 0 amide bonds. The Kier molecular flexibility index (Phi) is 4.24. The maximum atomic E-state index is 6.13. The molecule has 0 radical (unpaired) electrons. The standard InChI is InChI=1S/C13H19ClN2O/c1-9(2)15-6-11-5-12(14)13(16-7-11)17-8-10-3-4-10/h5,7,9-10,15H,3-4,6,8H2,1-2H3. The Morgan fingerprint density at radius 2 is 2.29 bits per heavy atom. The Balaban J connectivity index is 1.90. The van der Waals surface area contributed by atoms with E-state index in [1.807, 2.05) is 12.3 Å². The molecule has 0 bridgehead atoms. The number of halogens is 1. The van der Waals surface area contributed by atoms with Crippen molar-refractivity contribution in [2.24, 2.45) is 5.92 Å². The van der Waals surface area contributed by atoms with Gasteiger partial charge in [0, 0.05) is 18.8 Å². The lowest BCUT2D eigenvalue weighted by Gasteiger charge is -2.10. The van der Waals surface area contributed by atoms with E-state index in [1.165, 1.54) is 12.8 Å². The molecule has 0 atom stereocenters. The van der Waals surface area contributed by atoms with E-state index in [2.05, 4.69) is 24.1 Å². The van der Waals surface area contributed by atoms with Gasteiger partial charge in [-0.2, -0.15) is 0 Å². The fourth-order valence-corrected chi connectivity index (χ4v) is 1.71. The Morgan fingerprint density at radius 1 is 1.53 bits per heavy atom. The average molecular weight is 255 g/mol. The molecule has 0 aromatic carbocycles. The van der Waals surface area contributed by atoms with Crippen LogP contribution in [0.5, 0.6) is 5.88 Å². The number of ether oxygens (including phenoxy) is 1. The summed E-state index contributed by atoms with van der Waals surface area (Å²) in [7, 11) is 0. The number of aromatic nitrogens is 1. The van der Waals surface area contributed by atoms with Gasteiger partial charge < -0.3 is 10.1 Å². The smallest absolute Gasteiger partial charge is 0.232 e. The zero-order valence-electron chi connectivity index (χ0n) is 10.4. The van der Waals surface area contributed by atoms with Crippen molar-refractivity contribution in [3.05, 3.63) is 22.8 Å². The number of nitrogens with one attached hydrogen (secondary N) is 1. The number of pyridine rings is 1. The predicted molar refractivity (Wildman–Crippen MR) is 69.4 cm³/mol. The lowest BCUT2D eigenvalue weighted by atomic mass is 10.2. The first kappa shape index (κ1) is 12.7. The number of hydrogen-bond acceptors (Lipinski definition) is 3. The molecule has 4 heteroatoms. The summed E-state index contributed by atoms with van der Waals surface area (Å²) in [5.74, 6) is 1.28. The third kappa shape index (κ3) is 4.17. The second-order valence-electron chi connectivity index (χ2n) is 4.92. The summed E-state index contributed by atoms with van der Waals surface area (Å²) in [6, 6.07) is 2.38. The summed E-state index contributed by atoms with van der Waals surface area (Å²) in [5, 5.41) is 3.93. The maximum absolute atomic E-state index is 6.13. The van der Waals surface area contributed by atoms with Crippen LogP contribution >= 0.6 is 11.6 Å². The molecule has 17 heavy (non-hydrogen) atoms. The quantitative estimate of drug-likeness (QED) is 0.847. The largest absolute Gasteiger partial charge is 0.476 e. The minimum absolute atomic E-state index is 0.458. The second kappa shape index (κ2) is 5.69. The number of hydrogen-bond donors (Lipinski definition) is 1. The fourth-order valence-electron chi connectivity index (χ4n) is 1.47. The first-order valence-electron chi connectivity index (χ1n) is 6.15. The van der Waals surface area contributed by atoms with Gasteiger partial charge in [-0.3, -0.25) is 0 Å². The fraction of sp³-hybridized carbons (Fsp3) is 0.615. The highest BCUT2D eigenvalue weighted by atomic mass is 35.5. The average Bonchev–Trinajstić information content (AvgIpc) is 3.09. The molecule has 0 spiro atoms. The van der Waals surface area contributed by atoms with Gasteiger partial charge >= 0.3 is 0 Å². The van der Waals surface area contributed by atoms with Crippen LogP contribution in [0.3, 0.4) is 0 Å². The van der Waals surface area contributed by atoms with E-state index >= 15 is 0 Å². The molecule has 1 aliphatic rings. The molecule has 2 rings (SSSR count). The van der Waals surface area contributed by atoms with Crippen molar-refractivity contribution in [3.63, 3.8) is 0 Å². The number of nitrogens with zero attached hydrogens (tertiary/aromatic N) is 1. The Hall–Kier alpha value is -0.800. The molecule has 0 aliphatic heterocycles. The summed E-state index contributed by atoms with van der Waals surface area (Å²) in [5.41, 5.74) is 1.09. The van der Waals surface area contributed by atoms with Crippen LogP contribution in [0.1, 0.15) is 32.3 Å². The molecule has 3 nitrogen and oxygen atoms in total. The van der Waals surface area contributed by atoms with Crippen molar-refractivity contribution < 1.29 is 4.74 Å². The van der Waals surface area contributed by atoms with E-state index in [-0.39, 0.29) is 0 Å². The summed E-state index contributed by atoms with van der Waals surface area (Å²) >= 11 is 6.13. The van der Waals surface area contributed by atoms with Crippen molar-refractivity contribution in [3.8, 4) is 5.88 Å². The van der Waals surface area contributed by atoms with E-state index in [1.54, 1.807) is 0 Å². The van der Waals surface area contributed by atoms with Crippen molar-refractivity contribution >= 4 is 11.6 Å². The van der Waals surface area contributed by atoms with Crippen molar-refractivity contribution in [1.29, 1.82) is 0 Å². The lowest BCUT2D eigenvalue weighted by molar-refractivity contribution is 0.288. The molecule has 1 aliphatic carbocycles. The highest BCUT2D eigenvalue weighted by Gasteiger charge is 2.22. The molecule has 1 N–H and O–H groups in total. The summed E-state index contributed by atoms with van der Waals surface area (Å²) < 4.78 is 5.58. The van der Waals surface area contributed by atoms with Crippen molar-refractivity contribution in [1.82, 2.24) is 10.3 Å². The topological polar surface area (TPSA) is 34.2 Å². The molecule has 1 aromatic rings. The molecular formula is C13H19ClN2O. The Bertz CT molecular complexity index is 378. The Labute approximate surface area is 108 Å². The van der Waals surface area contributed by atoms with Gasteiger partial charge in [0.15, 0.2) is 0 Å². The van der Waals surface area contributed by atoms with E-state index < -0.39 is 0 Å². The third-order valence-electron chi connectivity index (χ3n) is 2.73. The van der Waals surface area contributed by atoms with Crippen LogP contribution in [0.15, 0.2) is 12.3 Å². The minimum Gasteiger partial charge on any atom is -0.476 e. The zero-order valence-corrected chi connectivity index (χ0v) is 11.1. The van der Waals surface area contributed by atoms with Crippen LogP contribution in [-0.4, -0.2) is 17.6 Å². The second-order valence-corrected chi connectivity index (χ2v) is 5.33. The van der Waals surface area contributed by atoms with Gasteiger partial charge in [0.1, 0.15) is 5.02 Å². The van der Waals surface area contributed by atoms with Crippen LogP contribution in [0.4, 0.5) is 0 Å². The van der Waals surface area contributed by atoms with Gasteiger partial charge in [0.2, 0.25) is 5.88 Å². The normalized spacial score (nSPS) is 15.3. The van der Waals surface area contributed by atoms with Crippen LogP contribution in [0.25, 0.3) is 0 Å². The van der Waals surface area contributed by atoms with Gasteiger partial charge in [-0.15, -0.1) is 0 Å².